The van der Waals surface area contributed by atoms with Gasteiger partial charge in [-0.2, -0.15) is 0 Å². The lowest BCUT2D eigenvalue weighted by Gasteiger charge is -2.09. The minimum absolute atomic E-state index is 0.0891. The number of aromatic hydroxyl groups is 1. The molecule has 30 heavy (non-hydrogen) atoms. The van der Waals surface area contributed by atoms with Gasteiger partial charge in [0.2, 0.25) is 5.88 Å². The van der Waals surface area contributed by atoms with E-state index in [1.165, 1.54) is 4.57 Å². The molecule has 0 saturated carbocycles. The van der Waals surface area contributed by atoms with Crippen LogP contribution < -0.4 is 5.56 Å². The summed E-state index contributed by atoms with van der Waals surface area (Å²) in [6, 6.07) is 22.0. The average Bonchev–Trinajstić information content (AvgIpc) is 3.07. The molecule has 0 aliphatic heterocycles. The highest BCUT2D eigenvalue weighted by Crippen LogP contribution is 2.36. The van der Waals surface area contributed by atoms with E-state index in [1.807, 2.05) is 61.5 Å². The van der Waals surface area contributed by atoms with Gasteiger partial charge in [-0.25, -0.2) is 9.55 Å². The number of benzene rings is 3. The number of hydrogen-bond acceptors (Lipinski definition) is 5. The molecule has 0 saturated heterocycles. The molecule has 0 atom stereocenters. The first kappa shape index (κ1) is 17.8. The van der Waals surface area contributed by atoms with Crippen molar-refractivity contribution in [3.05, 3.63) is 88.7 Å². The van der Waals surface area contributed by atoms with Gasteiger partial charge in [0.15, 0.2) is 5.69 Å². The number of aromatic amines is 1. The van der Waals surface area contributed by atoms with Crippen molar-refractivity contribution in [2.24, 2.45) is 10.2 Å². The molecule has 0 unspecified atom stereocenters. The zero-order valence-corrected chi connectivity index (χ0v) is 16.1. The fourth-order valence-electron chi connectivity index (χ4n) is 3.47. The molecule has 2 aromatic heterocycles. The predicted octanol–water partition coefficient (Wildman–Crippen LogP) is 5.30. The Hall–Kier alpha value is -4.26. The molecule has 146 valence electrons. The fraction of sp³-hybridized carbons (Fsp3) is 0.0435. The standard InChI is InChI=1S/C23H17N5O2/c1-14-11-12-19-17(13-14)20(21(29)24-19)26-27-23-25-18-10-6-5-9-16(18)22(30)28(23)15-7-3-2-4-8-15/h2-13,24,29H,1H3. The third-order valence-electron chi connectivity index (χ3n) is 4.92. The summed E-state index contributed by atoms with van der Waals surface area (Å²) in [6.07, 6.45) is 0. The normalized spacial score (nSPS) is 11.6. The van der Waals surface area contributed by atoms with Gasteiger partial charge < -0.3 is 10.1 Å². The summed E-state index contributed by atoms with van der Waals surface area (Å²) >= 11 is 0. The number of aromatic nitrogens is 3. The first-order chi connectivity index (χ1) is 14.6. The number of rotatable bonds is 3. The van der Waals surface area contributed by atoms with Gasteiger partial charge in [-0.15, -0.1) is 10.2 Å². The van der Waals surface area contributed by atoms with Gasteiger partial charge in [0.1, 0.15) is 0 Å². The van der Waals surface area contributed by atoms with Gasteiger partial charge in [-0.05, 0) is 43.3 Å². The van der Waals surface area contributed by atoms with Crippen LogP contribution in [0.3, 0.4) is 0 Å². The first-order valence-electron chi connectivity index (χ1n) is 9.42. The van der Waals surface area contributed by atoms with Crippen molar-refractivity contribution in [3.8, 4) is 11.6 Å². The van der Waals surface area contributed by atoms with Crippen LogP contribution in [0, 0.1) is 6.92 Å². The van der Waals surface area contributed by atoms with Crippen LogP contribution in [0.15, 0.2) is 87.8 Å². The van der Waals surface area contributed by atoms with Crippen LogP contribution in [0.1, 0.15) is 5.56 Å². The quantitative estimate of drug-likeness (QED) is 0.406. The van der Waals surface area contributed by atoms with Crippen molar-refractivity contribution in [1.29, 1.82) is 0 Å². The molecule has 5 rings (SSSR count). The zero-order valence-electron chi connectivity index (χ0n) is 16.1. The molecular weight excluding hydrogens is 378 g/mol. The zero-order chi connectivity index (χ0) is 20.7. The highest BCUT2D eigenvalue weighted by atomic mass is 16.3. The lowest BCUT2D eigenvalue weighted by Crippen LogP contribution is -2.19. The monoisotopic (exact) mass is 395 g/mol. The predicted molar refractivity (Wildman–Crippen MR) is 116 cm³/mol. The van der Waals surface area contributed by atoms with E-state index in [0.717, 1.165) is 16.5 Å². The lowest BCUT2D eigenvalue weighted by molar-refractivity contribution is 0.459. The summed E-state index contributed by atoms with van der Waals surface area (Å²) in [5.74, 6) is 0.0417. The maximum Gasteiger partial charge on any atom is 0.267 e. The second-order valence-corrected chi connectivity index (χ2v) is 6.98. The van der Waals surface area contributed by atoms with Crippen LogP contribution in [0.5, 0.6) is 5.88 Å². The van der Waals surface area contributed by atoms with Crippen LogP contribution >= 0.6 is 0 Å². The van der Waals surface area contributed by atoms with Gasteiger partial charge in [-0.1, -0.05) is 42.0 Å². The lowest BCUT2D eigenvalue weighted by atomic mass is 10.2. The number of para-hydroxylation sites is 2. The third kappa shape index (κ3) is 2.93. The van der Waals surface area contributed by atoms with E-state index in [9.17, 15) is 9.90 Å². The number of nitrogens with zero attached hydrogens (tertiary/aromatic N) is 4. The van der Waals surface area contributed by atoms with E-state index in [1.54, 1.807) is 18.2 Å². The van der Waals surface area contributed by atoms with Gasteiger partial charge >= 0.3 is 0 Å². The molecule has 2 N–H and O–H groups in total. The van der Waals surface area contributed by atoms with Crippen LogP contribution in [0.4, 0.5) is 11.6 Å². The minimum Gasteiger partial charge on any atom is -0.493 e. The Morgan fingerprint density at radius 1 is 0.933 bits per heavy atom. The second kappa shape index (κ2) is 6.97. The van der Waals surface area contributed by atoms with Gasteiger partial charge in [0.05, 0.1) is 22.1 Å². The van der Waals surface area contributed by atoms with E-state index in [-0.39, 0.29) is 17.4 Å². The summed E-state index contributed by atoms with van der Waals surface area (Å²) in [5, 5.41) is 20.1. The summed E-state index contributed by atoms with van der Waals surface area (Å²) < 4.78 is 1.42. The van der Waals surface area contributed by atoms with Crippen LogP contribution in [0.25, 0.3) is 27.5 Å². The van der Waals surface area contributed by atoms with Crippen molar-refractivity contribution in [2.75, 3.05) is 0 Å². The molecule has 0 aliphatic carbocycles. The van der Waals surface area contributed by atoms with E-state index >= 15 is 0 Å². The summed E-state index contributed by atoms with van der Waals surface area (Å²) in [4.78, 5) is 20.6. The first-order valence-corrected chi connectivity index (χ1v) is 9.42. The number of azo groups is 1. The number of nitrogens with one attached hydrogen (secondary N) is 1. The summed E-state index contributed by atoms with van der Waals surface area (Å²) in [7, 11) is 0. The average molecular weight is 395 g/mol. The molecule has 0 fully saturated rings. The molecule has 0 aliphatic rings. The summed E-state index contributed by atoms with van der Waals surface area (Å²) in [6.45, 7) is 1.96. The van der Waals surface area contributed by atoms with Gasteiger partial charge in [0.25, 0.3) is 11.5 Å². The van der Waals surface area contributed by atoms with Crippen LogP contribution in [-0.4, -0.2) is 19.6 Å². The maximum atomic E-state index is 13.2. The fourth-order valence-corrected chi connectivity index (χ4v) is 3.47. The Kier molecular flexibility index (Phi) is 4.14. The molecule has 5 aromatic rings. The van der Waals surface area contributed by atoms with E-state index in [0.29, 0.717) is 22.3 Å². The van der Waals surface area contributed by atoms with E-state index < -0.39 is 0 Å². The summed E-state index contributed by atoms with van der Waals surface area (Å²) in [5.41, 5.74) is 3.01. The Labute approximate surface area is 171 Å². The number of aryl methyl sites for hydroxylation is 1. The van der Waals surface area contributed by atoms with Crippen molar-refractivity contribution in [3.63, 3.8) is 0 Å². The Morgan fingerprint density at radius 3 is 2.53 bits per heavy atom. The topological polar surface area (TPSA) is 95.6 Å². The maximum absolute atomic E-state index is 13.2. The largest absolute Gasteiger partial charge is 0.493 e. The molecular formula is C23H17N5O2. The molecule has 3 aromatic carbocycles. The molecule has 0 radical (unpaired) electrons. The highest BCUT2D eigenvalue weighted by molar-refractivity contribution is 5.94. The number of fused-ring (bicyclic) bond motifs is 2. The molecule has 0 bridgehead atoms. The minimum atomic E-state index is -0.236. The molecule has 0 amide bonds. The van der Waals surface area contributed by atoms with Crippen LogP contribution in [-0.2, 0) is 0 Å². The second-order valence-electron chi connectivity index (χ2n) is 6.98. The van der Waals surface area contributed by atoms with E-state index in [2.05, 4.69) is 20.2 Å². The van der Waals surface area contributed by atoms with Gasteiger partial charge in [0, 0.05) is 5.39 Å². The Balaban J connectivity index is 1.74. The molecule has 0 spiro atoms. The smallest absolute Gasteiger partial charge is 0.267 e. The highest BCUT2D eigenvalue weighted by Gasteiger charge is 2.14. The molecule has 7 heteroatoms. The third-order valence-corrected chi connectivity index (χ3v) is 4.92. The number of H-pyrrole nitrogens is 1. The van der Waals surface area contributed by atoms with Crippen molar-refractivity contribution in [1.82, 2.24) is 14.5 Å². The number of hydrogen-bond donors (Lipinski definition) is 2. The molecule has 7 nitrogen and oxygen atoms in total. The Bertz CT molecular complexity index is 1480. The van der Waals surface area contributed by atoms with Crippen molar-refractivity contribution < 1.29 is 5.11 Å². The molecule has 2 heterocycles. The van der Waals surface area contributed by atoms with Crippen molar-refractivity contribution in [2.45, 2.75) is 6.92 Å². The van der Waals surface area contributed by atoms with Crippen LogP contribution in [0.2, 0.25) is 0 Å². The SMILES string of the molecule is Cc1ccc2[nH]c(O)c(N=Nc3nc4ccccc4c(=O)n3-c3ccccc3)c2c1. The van der Waals surface area contributed by atoms with Gasteiger partial charge in [-0.3, -0.25) is 4.79 Å². The Morgan fingerprint density at radius 2 is 1.70 bits per heavy atom. The van der Waals surface area contributed by atoms with Crippen molar-refractivity contribution >= 4 is 33.4 Å². The van der Waals surface area contributed by atoms with E-state index in [4.69, 9.17) is 0 Å².